The van der Waals surface area contributed by atoms with Crippen LogP contribution in [0.5, 0.6) is 5.75 Å². The molecule has 138 valence electrons. The highest BCUT2D eigenvalue weighted by Crippen LogP contribution is 2.18. The fourth-order valence-electron chi connectivity index (χ4n) is 3.11. The molecule has 0 bridgehead atoms. The van der Waals surface area contributed by atoms with Crippen LogP contribution in [0.25, 0.3) is 0 Å². The van der Waals surface area contributed by atoms with Gasteiger partial charge >= 0.3 is 0 Å². The first kappa shape index (κ1) is 18.1. The maximum Gasteiger partial charge on any atom is 0.276 e. The number of carbonyl (C=O) groups excluding carboxylic acids is 1. The summed E-state index contributed by atoms with van der Waals surface area (Å²) in [4.78, 5) is 14.6. The zero-order valence-electron chi connectivity index (χ0n) is 15.1. The van der Waals surface area contributed by atoms with Crippen molar-refractivity contribution in [3.05, 3.63) is 54.4 Å². The van der Waals surface area contributed by atoms with Gasteiger partial charge in [0.1, 0.15) is 5.75 Å². The highest BCUT2D eigenvalue weighted by molar-refractivity contribution is 5.92. The molecule has 1 aromatic heterocycles. The summed E-state index contributed by atoms with van der Waals surface area (Å²) < 4.78 is 7.00. The fourth-order valence-corrected chi connectivity index (χ4v) is 3.11. The topological polar surface area (TPSA) is 72.3 Å². The van der Waals surface area contributed by atoms with E-state index in [0.29, 0.717) is 24.8 Å². The molecule has 1 fully saturated rings. The Balaban J connectivity index is 1.71. The van der Waals surface area contributed by atoms with Crippen LogP contribution in [0.2, 0.25) is 0 Å². The lowest BCUT2D eigenvalue weighted by Crippen LogP contribution is -2.31. The molecule has 1 saturated heterocycles. The Bertz CT molecular complexity index is 735. The van der Waals surface area contributed by atoms with Crippen molar-refractivity contribution in [1.29, 1.82) is 0 Å². The van der Waals surface area contributed by atoms with Gasteiger partial charge in [0.25, 0.3) is 5.91 Å². The van der Waals surface area contributed by atoms with Crippen molar-refractivity contribution < 1.29 is 9.53 Å². The van der Waals surface area contributed by atoms with E-state index in [0.717, 1.165) is 37.2 Å². The van der Waals surface area contributed by atoms with Gasteiger partial charge in [-0.25, -0.2) is 4.68 Å². The number of hydrogen-bond donors (Lipinski definition) is 1. The predicted octanol–water partition coefficient (Wildman–Crippen LogP) is 2.04. The molecule has 1 aromatic carbocycles. The van der Waals surface area contributed by atoms with Crippen LogP contribution in [-0.4, -0.2) is 52.5 Å². The van der Waals surface area contributed by atoms with Crippen molar-refractivity contribution >= 4 is 5.91 Å². The van der Waals surface area contributed by atoms with Crippen molar-refractivity contribution in [3.8, 4) is 5.75 Å². The quantitative estimate of drug-likeness (QED) is 0.770. The van der Waals surface area contributed by atoms with Crippen LogP contribution in [0.3, 0.4) is 0 Å². The molecule has 1 aliphatic rings. The number of carbonyl (C=O) groups is 1. The molecule has 2 aromatic rings. The fraction of sp³-hybridized carbons (Fsp3) is 0.421. The second-order valence-corrected chi connectivity index (χ2v) is 6.39. The third kappa shape index (κ3) is 4.29. The van der Waals surface area contributed by atoms with Gasteiger partial charge in [-0.05, 0) is 43.6 Å². The van der Waals surface area contributed by atoms with E-state index in [2.05, 4.69) is 22.2 Å². The lowest BCUT2D eigenvalue weighted by molar-refractivity contribution is 0.0756. The molecule has 7 heteroatoms. The van der Waals surface area contributed by atoms with Crippen LogP contribution in [0.4, 0.5) is 0 Å². The van der Waals surface area contributed by atoms with E-state index in [1.165, 1.54) is 0 Å². The first-order valence-corrected chi connectivity index (χ1v) is 8.87. The van der Waals surface area contributed by atoms with Gasteiger partial charge < -0.3 is 15.0 Å². The van der Waals surface area contributed by atoms with Gasteiger partial charge in [0.05, 0.1) is 19.3 Å². The lowest BCUT2D eigenvalue weighted by Gasteiger charge is -2.22. The van der Waals surface area contributed by atoms with Gasteiger partial charge in [0.2, 0.25) is 0 Å². The maximum atomic E-state index is 12.9. The number of aromatic nitrogens is 3. The van der Waals surface area contributed by atoms with Crippen LogP contribution in [0.15, 0.2) is 43.1 Å². The van der Waals surface area contributed by atoms with E-state index in [9.17, 15) is 4.79 Å². The minimum atomic E-state index is -0.138. The highest BCUT2D eigenvalue weighted by atomic mass is 16.5. The number of nitrogens with zero attached hydrogens (tertiary/aromatic N) is 4. The van der Waals surface area contributed by atoms with Gasteiger partial charge in [-0.15, -0.1) is 11.7 Å². The molecule has 0 spiro atoms. The summed E-state index contributed by atoms with van der Waals surface area (Å²) in [6, 6.07) is 7.99. The standard InChI is InChI=1S/C19H25N5O2/c1-3-12-23(13-15-4-6-17(26-2)7-5-15)19(25)18-14-24(22-21-18)16-8-10-20-11-9-16/h3-7,14,16,20H,1,8-13H2,2H3. The average Bonchev–Trinajstić information content (AvgIpc) is 3.18. The first-order chi connectivity index (χ1) is 12.7. The molecule has 1 N–H and O–H groups in total. The van der Waals surface area contributed by atoms with Crippen LogP contribution < -0.4 is 10.1 Å². The zero-order valence-corrected chi connectivity index (χ0v) is 15.1. The summed E-state index contributed by atoms with van der Waals surface area (Å²) in [6.45, 7) is 6.63. The molecule has 0 saturated carbocycles. The summed E-state index contributed by atoms with van der Waals surface area (Å²) in [5, 5.41) is 11.6. The summed E-state index contributed by atoms with van der Waals surface area (Å²) in [5.74, 6) is 0.654. The molecule has 1 aliphatic heterocycles. The Morgan fingerprint density at radius 2 is 2.12 bits per heavy atom. The zero-order chi connectivity index (χ0) is 18.4. The van der Waals surface area contributed by atoms with Crippen LogP contribution in [0, 0.1) is 0 Å². The Labute approximate surface area is 153 Å². The minimum Gasteiger partial charge on any atom is -0.497 e. The molecule has 2 heterocycles. The van der Waals surface area contributed by atoms with E-state index in [-0.39, 0.29) is 5.91 Å². The molecular formula is C19H25N5O2. The second-order valence-electron chi connectivity index (χ2n) is 6.39. The minimum absolute atomic E-state index is 0.138. The maximum absolute atomic E-state index is 12.9. The summed E-state index contributed by atoms with van der Waals surface area (Å²) in [5.41, 5.74) is 1.39. The molecular weight excluding hydrogens is 330 g/mol. The SMILES string of the molecule is C=CCN(Cc1ccc(OC)cc1)C(=O)c1cn(C2CCNCC2)nn1. The van der Waals surface area contributed by atoms with Gasteiger partial charge in [-0.1, -0.05) is 23.4 Å². The Kier molecular flexibility index (Phi) is 6.01. The van der Waals surface area contributed by atoms with Crippen molar-refractivity contribution in [1.82, 2.24) is 25.2 Å². The third-order valence-corrected chi connectivity index (χ3v) is 4.58. The number of rotatable bonds is 7. The number of hydrogen-bond acceptors (Lipinski definition) is 5. The normalized spacial score (nSPS) is 14.8. The molecule has 0 atom stereocenters. The van der Waals surface area contributed by atoms with Gasteiger partial charge in [-0.2, -0.15) is 0 Å². The summed E-state index contributed by atoms with van der Waals surface area (Å²) in [7, 11) is 1.63. The Morgan fingerprint density at radius 3 is 2.77 bits per heavy atom. The number of benzene rings is 1. The van der Waals surface area contributed by atoms with Crippen molar-refractivity contribution in [2.45, 2.75) is 25.4 Å². The molecule has 7 nitrogen and oxygen atoms in total. The average molecular weight is 355 g/mol. The van der Waals surface area contributed by atoms with Crippen LogP contribution >= 0.6 is 0 Å². The molecule has 1 amide bonds. The van der Waals surface area contributed by atoms with E-state index in [1.54, 1.807) is 24.3 Å². The number of methoxy groups -OCH3 is 1. The Morgan fingerprint density at radius 1 is 1.38 bits per heavy atom. The van der Waals surface area contributed by atoms with Crippen LogP contribution in [-0.2, 0) is 6.54 Å². The molecule has 26 heavy (non-hydrogen) atoms. The van der Waals surface area contributed by atoms with Crippen molar-refractivity contribution in [3.63, 3.8) is 0 Å². The smallest absolute Gasteiger partial charge is 0.276 e. The number of ether oxygens (including phenoxy) is 1. The van der Waals surface area contributed by atoms with Gasteiger partial charge in [0.15, 0.2) is 5.69 Å². The van der Waals surface area contributed by atoms with Crippen molar-refractivity contribution in [2.24, 2.45) is 0 Å². The van der Waals surface area contributed by atoms with Crippen molar-refractivity contribution in [2.75, 3.05) is 26.7 Å². The summed E-state index contributed by atoms with van der Waals surface area (Å²) in [6.07, 6.45) is 5.49. The largest absolute Gasteiger partial charge is 0.497 e. The van der Waals surface area contributed by atoms with Gasteiger partial charge in [0, 0.05) is 13.1 Å². The molecule has 0 radical (unpaired) electrons. The predicted molar refractivity (Wildman–Crippen MR) is 99.1 cm³/mol. The summed E-state index contributed by atoms with van der Waals surface area (Å²) >= 11 is 0. The highest BCUT2D eigenvalue weighted by Gasteiger charge is 2.22. The molecule has 0 aliphatic carbocycles. The van der Waals surface area contributed by atoms with Gasteiger partial charge in [-0.3, -0.25) is 4.79 Å². The number of amides is 1. The molecule has 3 rings (SSSR count). The monoisotopic (exact) mass is 355 g/mol. The van der Waals surface area contributed by atoms with E-state index in [1.807, 2.05) is 28.9 Å². The van der Waals surface area contributed by atoms with E-state index < -0.39 is 0 Å². The third-order valence-electron chi connectivity index (χ3n) is 4.58. The first-order valence-electron chi connectivity index (χ1n) is 8.87. The van der Waals surface area contributed by atoms with Crippen LogP contribution in [0.1, 0.15) is 34.9 Å². The van der Waals surface area contributed by atoms with E-state index in [4.69, 9.17) is 4.74 Å². The second kappa shape index (κ2) is 8.62. The molecule has 0 unspecified atom stereocenters. The number of piperidine rings is 1. The van der Waals surface area contributed by atoms with E-state index >= 15 is 0 Å². The Hall–Kier alpha value is -2.67. The number of nitrogens with one attached hydrogen (secondary N) is 1. The lowest BCUT2D eigenvalue weighted by atomic mass is 10.1.